The molecule has 1 rings (SSSR count). The summed E-state index contributed by atoms with van der Waals surface area (Å²) < 4.78 is 1.72. The Bertz CT molecular complexity index is 308. The van der Waals surface area contributed by atoms with E-state index in [2.05, 4.69) is 10.3 Å². The lowest BCUT2D eigenvalue weighted by atomic mass is 10.4. The monoisotopic (exact) mass is 196 g/mol. The van der Waals surface area contributed by atoms with Crippen LogP contribution in [0, 0.1) is 0 Å². The normalized spacial score (nSPS) is 10.2. The maximum atomic E-state index is 11.7. The quantitative estimate of drug-likeness (QED) is 0.720. The van der Waals surface area contributed by atoms with E-state index in [1.165, 1.54) is 0 Å². The fourth-order valence-electron chi connectivity index (χ4n) is 1.12. The molecule has 5 heteroatoms. The molecule has 0 aliphatic rings. The van der Waals surface area contributed by atoms with Crippen molar-refractivity contribution in [1.29, 1.82) is 0 Å². The molecule has 0 spiro atoms. The molecule has 0 aromatic carbocycles. The highest BCUT2D eigenvalue weighted by molar-refractivity contribution is 5.90. The number of carbonyl (C=O) groups excluding carboxylic acids is 1. The van der Waals surface area contributed by atoms with E-state index in [0.29, 0.717) is 12.4 Å². The number of aryl methyl sites for hydroxylation is 1. The van der Waals surface area contributed by atoms with Gasteiger partial charge in [-0.05, 0) is 7.05 Å². The van der Waals surface area contributed by atoms with Gasteiger partial charge in [0.15, 0.2) is 5.82 Å². The minimum Gasteiger partial charge on any atom is -0.338 e. The molecular formula is C9H16N4O. The lowest BCUT2D eigenvalue weighted by Gasteiger charge is -2.16. The molecular weight excluding hydrogens is 180 g/mol. The molecule has 0 aliphatic carbocycles. The maximum absolute atomic E-state index is 11.7. The average molecular weight is 196 g/mol. The van der Waals surface area contributed by atoms with Gasteiger partial charge in [-0.2, -0.15) is 0 Å². The minimum atomic E-state index is -0.0484. The fourth-order valence-corrected chi connectivity index (χ4v) is 1.12. The van der Waals surface area contributed by atoms with Crippen molar-refractivity contribution >= 4 is 5.91 Å². The summed E-state index contributed by atoms with van der Waals surface area (Å²) in [5, 5.41) is 2.99. The second-order valence-electron chi connectivity index (χ2n) is 3.19. The fraction of sp³-hybridized carbons (Fsp3) is 0.556. The molecule has 0 fully saturated rings. The molecule has 1 N–H and O–H groups in total. The molecule has 0 saturated carbocycles. The lowest BCUT2D eigenvalue weighted by Crippen LogP contribution is -2.34. The van der Waals surface area contributed by atoms with Gasteiger partial charge in [0.1, 0.15) is 0 Å². The van der Waals surface area contributed by atoms with Crippen LogP contribution in [0.25, 0.3) is 0 Å². The molecule has 0 aliphatic heterocycles. The van der Waals surface area contributed by atoms with Gasteiger partial charge in [-0.25, -0.2) is 4.98 Å². The molecule has 0 saturated heterocycles. The largest absolute Gasteiger partial charge is 0.338 e. The van der Waals surface area contributed by atoms with Gasteiger partial charge in [0.05, 0.1) is 0 Å². The first-order valence-electron chi connectivity index (χ1n) is 4.54. The van der Waals surface area contributed by atoms with E-state index in [4.69, 9.17) is 0 Å². The molecule has 78 valence electrons. The van der Waals surface area contributed by atoms with Gasteiger partial charge < -0.3 is 14.8 Å². The summed E-state index contributed by atoms with van der Waals surface area (Å²) >= 11 is 0. The first-order valence-corrected chi connectivity index (χ1v) is 4.54. The third-order valence-electron chi connectivity index (χ3n) is 2.06. The van der Waals surface area contributed by atoms with Crippen molar-refractivity contribution < 1.29 is 4.79 Å². The van der Waals surface area contributed by atoms with Crippen LogP contribution >= 0.6 is 0 Å². The predicted molar refractivity (Wildman–Crippen MR) is 54.1 cm³/mol. The minimum absolute atomic E-state index is 0.0484. The van der Waals surface area contributed by atoms with Gasteiger partial charge in [-0.15, -0.1) is 0 Å². The Hall–Kier alpha value is -1.36. The van der Waals surface area contributed by atoms with E-state index in [-0.39, 0.29) is 5.91 Å². The number of nitrogens with zero attached hydrogens (tertiary/aromatic N) is 3. The van der Waals surface area contributed by atoms with Crippen LogP contribution < -0.4 is 5.32 Å². The highest BCUT2D eigenvalue weighted by Gasteiger charge is 2.14. The molecule has 1 aromatic rings. The zero-order chi connectivity index (χ0) is 10.6. The van der Waals surface area contributed by atoms with Crippen LogP contribution in [0.5, 0.6) is 0 Å². The van der Waals surface area contributed by atoms with Crippen molar-refractivity contribution in [3.63, 3.8) is 0 Å². The Balaban J connectivity index is 2.61. The van der Waals surface area contributed by atoms with E-state index < -0.39 is 0 Å². The van der Waals surface area contributed by atoms with E-state index in [1.54, 1.807) is 28.9 Å². The number of carbonyl (C=O) groups is 1. The lowest BCUT2D eigenvalue weighted by molar-refractivity contribution is 0.0781. The van der Waals surface area contributed by atoms with Gasteiger partial charge in [0, 0.05) is 39.6 Å². The second kappa shape index (κ2) is 4.76. The van der Waals surface area contributed by atoms with E-state index in [1.807, 2.05) is 14.1 Å². The summed E-state index contributed by atoms with van der Waals surface area (Å²) in [6.45, 7) is 1.47. The molecule has 1 heterocycles. The average Bonchev–Trinajstić information content (AvgIpc) is 2.59. The van der Waals surface area contributed by atoms with E-state index in [9.17, 15) is 4.79 Å². The Morgan fingerprint density at radius 1 is 1.71 bits per heavy atom. The second-order valence-corrected chi connectivity index (χ2v) is 3.19. The van der Waals surface area contributed by atoms with Crippen molar-refractivity contribution in [2.75, 3.05) is 27.2 Å². The first kappa shape index (κ1) is 10.7. The van der Waals surface area contributed by atoms with Crippen LogP contribution in [0.15, 0.2) is 12.4 Å². The molecule has 1 amide bonds. The first-order chi connectivity index (χ1) is 6.66. The Kier molecular flexibility index (Phi) is 3.64. The molecule has 14 heavy (non-hydrogen) atoms. The van der Waals surface area contributed by atoms with E-state index in [0.717, 1.165) is 6.54 Å². The van der Waals surface area contributed by atoms with Crippen molar-refractivity contribution in [2.24, 2.45) is 7.05 Å². The van der Waals surface area contributed by atoms with E-state index >= 15 is 0 Å². The SMILES string of the molecule is CNCCN(C)C(=O)c1nccn1C. The van der Waals surface area contributed by atoms with Gasteiger partial charge >= 0.3 is 0 Å². The molecule has 0 atom stereocenters. The zero-order valence-electron chi connectivity index (χ0n) is 8.82. The standard InChI is InChI=1S/C9H16N4O/c1-10-4-6-13(3)9(14)8-11-5-7-12(8)2/h5,7,10H,4,6H2,1-3H3. The summed E-state index contributed by atoms with van der Waals surface area (Å²) in [5.74, 6) is 0.427. The summed E-state index contributed by atoms with van der Waals surface area (Å²) in [6, 6.07) is 0. The van der Waals surface area contributed by atoms with Gasteiger partial charge in [0.2, 0.25) is 0 Å². The zero-order valence-corrected chi connectivity index (χ0v) is 8.82. The van der Waals surface area contributed by atoms with Crippen LogP contribution in [0.2, 0.25) is 0 Å². The van der Waals surface area contributed by atoms with Crippen molar-refractivity contribution in [3.05, 3.63) is 18.2 Å². The number of rotatable bonds is 4. The van der Waals surface area contributed by atoms with Gasteiger partial charge in [0.25, 0.3) is 5.91 Å². The van der Waals surface area contributed by atoms with Crippen molar-refractivity contribution in [3.8, 4) is 0 Å². The molecule has 1 aromatic heterocycles. The van der Waals surface area contributed by atoms with Gasteiger partial charge in [-0.3, -0.25) is 4.79 Å². The number of imidazole rings is 1. The summed E-state index contributed by atoms with van der Waals surface area (Å²) in [7, 11) is 5.44. The van der Waals surface area contributed by atoms with Crippen molar-refractivity contribution in [2.45, 2.75) is 0 Å². The predicted octanol–water partition coefficient (Wildman–Crippen LogP) is -0.288. The van der Waals surface area contributed by atoms with Crippen molar-refractivity contribution in [1.82, 2.24) is 19.8 Å². The summed E-state index contributed by atoms with van der Waals surface area (Å²) in [5.41, 5.74) is 0. The topological polar surface area (TPSA) is 50.2 Å². The number of hydrogen-bond donors (Lipinski definition) is 1. The third kappa shape index (κ3) is 2.32. The van der Waals surface area contributed by atoms with Crippen LogP contribution in [0.3, 0.4) is 0 Å². The number of nitrogens with one attached hydrogen (secondary N) is 1. The maximum Gasteiger partial charge on any atom is 0.289 e. The summed E-state index contributed by atoms with van der Waals surface area (Å²) in [6.07, 6.45) is 3.39. The highest BCUT2D eigenvalue weighted by Crippen LogP contribution is 1.98. The number of likely N-dealkylation sites (N-methyl/N-ethyl adjacent to an activating group) is 2. The van der Waals surface area contributed by atoms with Crippen LogP contribution in [-0.4, -0.2) is 47.5 Å². The number of aromatic nitrogens is 2. The molecule has 0 bridgehead atoms. The Morgan fingerprint density at radius 3 is 2.93 bits per heavy atom. The van der Waals surface area contributed by atoms with Crippen LogP contribution in [-0.2, 0) is 7.05 Å². The highest BCUT2D eigenvalue weighted by atomic mass is 16.2. The number of amides is 1. The van der Waals surface area contributed by atoms with Crippen LogP contribution in [0.1, 0.15) is 10.6 Å². The molecule has 0 radical (unpaired) electrons. The number of hydrogen-bond acceptors (Lipinski definition) is 3. The molecule has 0 unspecified atom stereocenters. The third-order valence-corrected chi connectivity index (χ3v) is 2.06. The molecule has 5 nitrogen and oxygen atoms in total. The Labute approximate surface area is 83.7 Å². The summed E-state index contributed by atoms with van der Waals surface area (Å²) in [4.78, 5) is 17.4. The van der Waals surface area contributed by atoms with Crippen LogP contribution in [0.4, 0.5) is 0 Å². The Morgan fingerprint density at radius 2 is 2.43 bits per heavy atom. The van der Waals surface area contributed by atoms with Gasteiger partial charge in [-0.1, -0.05) is 0 Å². The smallest absolute Gasteiger partial charge is 0.289 e.